The van der Waals surface area contributed by atoms with E-state index in [1.165, 1.54) is 5.56 Å². The van der Waals surface area contributed by atoms with Gasteiger partial charge in [-0.1, -0.05) is 12.1 Å². The molecule has 0 saturated heterocycles. The molecule has 0 unspecified atom stereocenters. The van der Waals surface area contributed by atoms with E-state index in [0.29, 0.717) is 5.88 Å². The lowest BCUT2D eigenvalue weighted by Gasteiger charge is -2.14. The number of hydrogen-bond donors (Lipinski definition) is 1. The fourth-order valence-corrected chi connectivity index (χ4v) is 1.95. The first-order chi connectivity index (χ1) is 8.99. The highest BCUT2D eigenvalue weighted by atomic mass is 16.5. The summed E-state index contributed by atoms with van der Waals surface area (Å²) in [4.78, 5) is 4.25. The highest BCUT2D eigenvalue weighted by molar-refractivity contribution is 5.46. The first kappa shape index (κ1) is 13.6. The molecule has 1 aromatic carbocycles. The van der Waals surface area contributed by atoms with Crippen molar-refractivity contribution in [1.82, 2.24) is 4.98 Å². The van der Waals surface area contributed by atoms with Crippen LogP contribution < -0.4 is 10.5 Å². The van der Waals surface area contributed by atoms with E-state index in [1.807, 2.05) is 26.0 Å². The predicted octanol–water partition coefficient (Wildman–Crippen LogP) is 3.82. The van der Waals surface area contributed by atoms with Gasteiger partial charge in [0, 0.05) is 18.3 Å². The molecule has 100 valence electrons. The summed E-state index contributed by atoms with van der Waals surface area (Å²) >= 11 is 0. The smallest absolute Gasteiger partial charge is 0.219 e. The Balaban J connectivity index is 2.36. The standard InChI is InChI=1S/C16H20N2O/c1-10-5-6-11(2)16(12(10)3)19-15-9-14(13(4)17)7-8-18-15/h5-9,13H,17H2,1-4H3/t13-/m1/s1. The molecule has 2 aromatic rings. The van der Waals surface area contributed by atoms with Gasteiger partial charge in [0.25, 0.3) is 0 Å². The molecule has 0 aliphatic rings. The summed E-state index contributed by atoms with van der Waals surface area (Å²) < 4.78 is 5.94. The van der Waals surface area contributed by atoms with E-state index in [-0.39, 0.29) is 6.04 Å². The SMILES string of the molecule is Cc1ccc(C)c(Oc2cc([C@@H](C)N)ccn2)c1C. The lowest BCUT2D eigenvalue weighted by atomic mass is 10.1. The summed E-state index contributed by atoms with van der Waals surface area (Å²) in [7, 11) is 0. The second-order valence-corrected chi connectivity index (χ2v) is 4.97. The lowest BCUT2D eigenvalue weighted by molar-refractivity contribution is 0.454. The topological polar surface area (TPSA) is 48.1 Å². The second kappa shape index (κ2) is 5.41. The fraction of sp³-hybridized carbons (Fsp3) is 0.312. The number of hydrogen-bond acceptors (Lipinski definition) is 3. The zero-order valence-corrected chi connectivity index (χ0v) is 11.9. The Kier molecular flexibility index (Phi) is 3.86. The molecule has 0 bridgehead atoms. The summed E-state index contributed by atoms with van der Waals surface area (Å²) in [6.45, 7) is 8.12. The number of aromatic nitrogens is 1. The average Bonchev–Trinajstić information content (AvgIpc) is 2.39. The quantitative estimate of drug-likeness (QED) is 0.908. The molecule has 0 aliphatic carbocycles. The van der Waals surface area contributed by atoms with Crippen LogP contribution in [0, 0.1) is 20.8 Å². The number of nitrogens with two attached hydrogens (primary N) is 1. The third-order valence-electron chi connectivity index (χ3n) is 3.36. The van der Waals surface area contributed by atoms with Gasteiger partial charge in [0.2, 0.25) is 5.88 Å². The molecule has 3 heteroatoms. The van der Waals surface area contributed by atoms with Crippen molar-refractivity contribution < 1.29 is 4.74 Å². The molecular weight excluding hydrogens is 236 g/mol. The van der Waals surface area contributed by atoms with E-state index in [4.69, 9.17) is 10.5 Å². The highest BCUT2D eigenvalue weighted by Crippen LogP contribution is 2.30. The van der Waals surface area contributed by atoms with Gasteiger partial charge in [0.05, 0.1) is 0 Å². The van der Waals surface area contributed by atoms with Gasteiger partial charge < -0.3 is 10.5 Å². The van der Waals surface area contributed by atoms with Crippen molar-refractivity contribution in [3.8, 4) is 11.6 Å². The zero-order valence-electron chi connectivity index (χ0n) is 11.9. The minimum absolute atomic E-state index is 0.0231. The number of rotatable bonds is 3. The van der Waals surface area contributed by atoms with Crippen molar-refractivity contribution in [3.63, 3.8) is 0 Å². The maximum absolute atomic E-state index is 5.94. The van der Waals surface area contributed by atoms with Crippen LogP contribution in [0.3, 0.4) is 0 Å². The molecular formula is C16H20N2O. The third-order valence-corrected chi connectivity index (χ3v) is 3.36. The number of benzene rings is 1. The van der Waals surface area contributed by atoms with Gasteiger partial charge in [-0.25, -0.2) is 4.98 Å². The van der Waals surface area contributed by atoms with Crippen molar-refractivity contribution in [3.05, 3.63) is 52.7 Å². The molecule has 2 N–H and O–H groups in total. The summed E-state index contributed by atoms with van der Waals surface area (Å²) in [5.74, 6) is 1.47. The summed E-state index contributed by atoms with van der Waals surface area (Å²) in [5, 5.41) is 0. The van der Waals surface area contributed by atoms with Crippen molar-refractivity contribution in [2.45, 2.75) is 33.7 Å². The number of aryl methyl sites for hydroxylation is 2. The first-order valence-electron chi connectivity index (χ1n) is 6.45. The van der Waals surface area contributed by atoms with Crippen LogP contribution in [0.2, 0.25) is 0 Å². The minimum atomic E-state index is -0.0231. The predicted molar refractivity (Wildman–Crippen MR) is 77.6 cm³/mol. The van der Waals surface area contributed by atoms with E-state index in [1.54, 1.807) is 6.20 Å². The molecule has 1 heterocycles. The van der Waals surface area contributed by atoms with Crippen LogP contribution in [0.15, 0.2) is 30.5 Å². The molecule has 0 saturated carbocycles. The van der Waals surface area contributed by atoms with Crippen molar-refractivity contribution in [2.24, 2.45) is 5.73 Å². The Morgan fingerprint density at radius 3 is 2.47 bits per heavy atom. The van der Waals surface area contributed by atoms with Crippen LogP contribution in [0.25, 0.3) is 0 Å². The molecule has 0 radical (unpaired) electrons. The molecule has 0 fully saturated rings. The normalized spacial score (nSPS) is 12.3. The van der Waals surface area contributed by atoms with Gasteiger partial charge in [0.15, 0.2) is 0 Å². The Hall–Kier alpha value is -1.87. The van der Waals surface area contributed by atoms with Crippen molar-refractivity contribution >= 4 is 0 Å². The molecule has 1 aromatic heterocycles. The number of pyridine rings is 1. The zero-order chi connectivity index (χ0) is 14.0. The van der Waals surface area contributed by atoms with Gasteiger partial charge in [0.1, 0.15) is 5.75 Å². The Bertz CT molecular complexity index is 591. The van der Waals surface area contributed by atoms with Gasteiger partial charge in [-0.15, -0.1) is 0 Å². The summed E-state index contributed by atoms with van der Waals surface area (Å²) in [6.07, 6.45) is 1.73. The van der Waals surface area contributed by atoms with E-state index in [9.17, 15) is 0 Å². The highest BCUT2D eigenvalue weighted by Gasteiger charge is 2.09. The first-order valence-corrected chi connectivity index (χ1v) is 6.45. The average molecular weight is 256 g/mol. The molecule has 0 spiro atoms. The van der Waals surface area contributed by atoms with E-state index < -0.39 is 0 Å². The maximum Gasteiger partial charge on any atom is 0.219 e. The molecule has 0 aliphatic heterocycles. The Labute approximate surface area is 114 Å². The number of nitrogens with zero attached hydrogens (tertiary/aromatic N) is 1. The van der Waals surface area contributed by atoms with E-state index in [2.05, 4.69) is 31.0 Å². The van der Waals surface area contributed by atoms with Crippen molar-refractivity contribution in [2.75, 3.05) is 0 Å². The molecule has 19 heavy (non-hydrogen) atoms. The monoisotopic (exact) mass is 256 g/mol. The third kappa shape index (κ3) is 2.93. The largest absolute Gasteiger partial charge is 0.438 e. The summed E-state index contributed by atoms with van der Waals surface area (Å²) in [5.41, 5.74) is 10.4. The van der Waals surface area contributed by atoms with Gasteiger partial charge in [-0.05, 0) is 56.0 Å². The molecule has 3 nitrogen and oxygen atoms in total. The van der Waals surface area contributed by atoms with Crippen LogP contribution in [0.1, 0.15) is 35.2 Å². The molecule has 1 atom stereocenters. The van der Waals surface area contributed by atoms with E-state index in [0.717, 1.165) is 22.4 Å². The summed E-state index contributed by atoms with van der Waals surface area (Å²) in [6, 6.07) is 7.94. The maximum atomic E-state index is 5.94. The van der Waals surface area contributed by atoms with Crippen LogP contribution >= 0.6 is 0 Å². The molecule has 0 amide bonds. The fourth-order valence-electron chi connectivity index (χ4n) is 1.95. The van der Waals surface area contributed by atoms with E-state index >= 15 is 0 Å². The van der Waals surface area contributed by atoms with Gasteiger partial charge in [-0.2, -0.15) is 0 Å². The van der Waals surface area contributed by atoms with Crippen molar-refractivity contribution in [1.29, 1.82) is 0 Å². The Morgan fingerprint density at radius 1 is 1.11 bits per heavy atom. The second-order valence-electron chi connectivity index (χ2n) is 4.97. The van der Waals surface area contributed by atoms with Crippen LogP contribution in [-0.4, -0.2) is 4.98 Å². The lowest BCUT2D eigenvalue weighted by Crippen LogP contribution is -2.05. The Morgan fingerprint density at radius 2 is 1.79 bits per heavy atom. The van der Waals surface area contributed by atoms with Crippen LogP contribution in [0.5, 0.6) is 11.6 Å². The van der Waals surface area contributed by atoms with Gasteiger partial charge >= 0.3 is 0 Å². The van der Waals surface area contributed by atoms with Crippen LogP contribution in [-0.2, 0) is 0 Å². The molecule has 2 rings (SSSR count). The van der Waals surface area contributed by atoms with Crippen LogP contribution in [0.4, 0.5) is 0 Å². The number of ether oxygens (including phenoxy) is 1. The van der Waals surface area contributed by atoms with Gasteiger partial charge in [-0.3, -0.25) is 0 Å². The minimum Gasteiger partial charge on any atom is -0.438 e.